The molecule has 5 heteroatoms. The number of aromatic nitrogens is 1. The molecule has 1 fully saturated rings. The van der Waals surface area contributed by atoms with E-state index in [0.717, 1.165) is 66.4 Å². The number of aromatic hydroxyl groups is 1. The summed E-state index contributed by atoms with van der Waals surface area (Å²) >= 11 is 1.78. The molecule has 0 unspecified atom stereocenters. The first kappa shape index (κ1) is 25.0. The SMILES string of the molecule is Cc1cc(CN2CCC(c3nc(-c4cc(C(C)(C)C)c(O)c(C(C)(C)C)c4)cs3)CC2)oc1C. The van der Waals surface area contributed by atoms with Crippen molar-refractivity contribution in [1.29, 1.82) is 0 Å². The predicted molar refractivity (Wildman–Crippen MR) is 142 cm³/mol. The largest absolute Gasteiger partial charge is 0.507 e. The molecule has 0 spiro atoms. The van der Waals surface area contributed by atoms with Crippen LogP contribution in [-0.4, -0.2) is 28.1 Å². The molecule has 0 bridgehead atoms. The Kier molecular flexibility index (Phi) is 6.73. The van der Waals surface area contributed by atoms with Crippen molar-refractivity contribution in [3.8, 4) is 17.0 Å². The lowest BCUT2D eigenvalue weighted by molar-refractivity contribution is 0.190. The number of nitrogens with zero attached hydrogens (tertiary/aromatic N) is 2. The van der Waals surface area contributed by atoms with Crippen LogP contribution in [0.3, 0.4) is 0 Å². The maximum atomic E-state index is 11.1. The van der Waals surface area contributed by atoms with Crippen LogP contribution in [0.2, 0.25) is 0 Å². The first-order valence-corrected chi connectivity index (χ1v) is 13.3. The molecular formula is C29H40N2O2S. The molecule has 1 N–H and O–H groups in total. The minimum atomic E-state index is -0.142. The third-order valence-corrected chi connectivity index (χ3v) is 8.08. The van der Waals surface area contributed by atoms with E-state index in [1.807, 2.05) is 6.92 Å². The number of furan rings is 1. The number of likely N-dealkylation sites (tertiary alicyclic amines) is 1. The van der Waals surface area contributed by atoms with Crippen molar-refractivity contribution < 1.29 is 9.52 Å². The number of piperidine rings is 1. The zero-order valence-corrected chi connectivity index (χ0v) is 22.9. The monoisotopic (exact) mass is 480 g/mol. The normalized spacial score (nSPS) is 16.4. The summed E-state index contributed by atoms with van der Waals surface area (Å²) in [5, 5.41) is 14.5. The van der Waals surface area contributed by atoms with Crippen LogP contribution in [-0.2, 0) is 17.4 Å². The van der Waals surface area contributed by atoms with Gasteiger partial charge in [-0.15, -0.1) is 11.3 Å². The smallest absolute Gasteiger partial charge is 0.123 e. The van der Waals surface area contributed by atoms with E-state index in [9.17, 15) is 5.11 Å². The topological polar surface area (TPSA) is 49.5 Å². The number of thiazole rings is 1. The Bertz CT molecular complexity index is 1100. The molecule has 1 aromatic carbocycles. The summed E-state index contributed by atoms with van der Waals surface area (Å²) in [6, 6.07) is 6.45. The van der Waals surface area contributed by atoms with Gasteiger partial charge in [0.25, 0.3) is 0 Å². The van der Waals surface area contributed by atoms with E-state index in [4.69, 9.17) is 9.40 Å². The molecule has 0 radical (unpaired) electrons. The quantitative estimate of drug-likeness (QED) is 0.416. The summed E-state index contributed by atoms with van der Waals surface area (Å²) in [5.41, 5.74) is 5.06. The van der Waals surface area contributed by atoms with E-state index in [1.165, 1.54) is 10.6 Å². The van der Waals surface area contributed by atoms with Gasteiger partial charge in [0.1, 0.15) is 17.3 Å². The van der Waals surface area contributed by atoms with Crippen LogP contribution < -0.4 is 0 Å². The van der Waals surface area contributed by atoms with Crippen LogP contribution in [0, 0.1) is 13.8 Å². The number of aryl methyl sites for hydroxylation is 2. The van der Waals surface area contributed by atoms with Gasteiger partial charge in [-0.05, 0) is 74.4 Å². The van der Waals surface area contributed by atoms with E-state index >= 15 is 0 Å². The third-order valence-electron chi connectivity index (χ3n) is 7.08. The van der Waals surface area contributed by atoms with Crippen molar-refractivity contribution in [1.82, 2.24) is 9.88 Å². The Hall–Kier alpha value is -2.11. The highest BCUT2D eigenvalue weighted by atomic mass is 32.1. The number of hydrogen-bond acceptors (Lipinski definition) is 5. The second kappa shape index (κ2) is 9.16. The van der Waals surface area contributed by atoms with Crippen molar-refractivity contribution in [3.63, 3.8) is 0 Å². The average Bonchev–Trinajstić information content (AvgIpc) is 3.34. The van der Waals surface area contributed by atoms with Crippen LogP contribution in [0.25, 0.3) is 11.3 Å². The van der Waals surface area contributed by atoms with Gasteiger partial charge >= 0.3 is 0 Å². The Balaban J connectivity index is 1.51. The van der Waals surface area contributed by atoms with Crippen LogP contribution in [0.1, 0.15) is 93.5 Å². The van der Waals surface area contributed by atoms with Crippen molar-refractivity contribution in [2.24, 2.45) is 0 Å². The molecule has 1 aliphatic rings. The van der Waals surface area contributed by atoms with E-state index < -0.39 is 0 Å². The van der Waals surface area contributed by atoms with E-state index in [1.54, 1.807) is 11.3 Å². The predicted octanol–water partition coefficient (Wildman–Crippen LogP) is 7.70. The van der Waals surface area contributed by atoms with E-state index in [0.29, 0.717) is 11.7 Å². The molecule has 1 aliphatic heterocycles. The summed E-state index contributed by atoms with van der Waals surface area (Å²) in [6.07, 6.45) is 2.25. The Morgan fingerprint density at radius 2 is 1.59 bits per heavy atom. The van der Waals surface area contributed by atoms with Gasteiger partial charge in [0.15, 0.2) is 0 Å². The number of benzene rings is 1. The molecule has 4 rings (SSSR count). The first-order valence-electron chi connectivity index (χ1n) is 12.4. The molecule has 2 aromatic heterocycles. The fourth-order valence-corrected chi connectivity index (χ4v) is 5.82. The molecule has 4 nitrogen and oxygen atoms in total. The Morgan fingerprint density at radius 1 is 1.00 bits per heavy atom. The highest BCUT2D eigenvalue weighted by molar-refractivity contribution is 7.10. The molecule has 0 atom stereocenters. The van der Waals surface area contributed by atoms with Crippen LogP contribution >= 0.6 is 11.3 Å². The maximum Gasteiger partial charge on any atom is 0.123 e. The van der Waals surface area contributed by atoms with Gasteiger partial charge in [0.05, 0.1) is 17.2 Å². The van der Waals surface area contributed by atoms with Crippen LogP contribution in [0.4, 0.5) is 0 Å². The molecule has 1 saturated heterocycles. The zero-order chi connectivity index (χ0) is 24.8. The van der Waals surface area contributed by atoms with Gasteiger partial charge in [-0.3, -0.25) is 4.90 Å². The van der Waals surface area contributed by atoms with E-state index in [-0.39, 0.29) is 10.8 Å². The van der Waals surface area contributed by atoms with Gasteiger partial charge < -0.3 is 9.52 Å². The third kappa shape index (κ3) is 5.26. The standard InChI is InChI=1S/C29H40N2O2S/c1-18-13-22(33-19(18)2)16-31-11-9-20(10-12-31)27-30-25(17-34-27)21-14-23(28(3,4)5)26(32)24(15-21)29(6,7)8/h13-15,17,20,32H,9-12,16H2,1-8H3. The molecule has 0 saturated carbocycles. The fourth-order valence-electron chi connectivity index (χ4n) is 4.82. The van der Waals surface area contributed by atoms with Gasteiger partial charge in [-0.1, -0.05) is 41.5 Å². The highest BCUT2D eigenvalue weighted by Crippen LogP contribution is 2.42. The molecule has 0 amide bonds. The number of hydrogen-bond donors (Lipinski definition) is 1. The summed E-state index contributed by atoms with van der Waals surface area (Å²) in [7, 11) is 0. The fraction of sp³-hybridized carbons (Fsp3) is 0.552. The lowest BCUT2D eigenvalue weighted by Crippen LogP contribution is -2.32. The van der Waals surface area contributed by atoms with Crippen molar-refractivity contribution in [3.05, 3.63) is 56.8 Å². The summed E-state index contributed by atoms with van der Waals surface area (Å²) < 4.78 is 5.89. The van der Waals surface area contributed by atoms with Crippen molar-refractivity contribution in [2.45, 2.75) is 91.5 Å². The number of rotatable bonds is 4. The number of phenolic OH excluding ortho intramolecular Hbond substituents is 1. The molecule has 34 heavy (non-hydrogen) atoms. The second-order valence-electron chi connectivity index (χ2n) is 12.0. The van der Waals surface area contributed by atoms with Gasteiger partial charge in [-0.2, -0.15) is 0 Å². The summed E-state index contributed by atoms with van der Waals surface area (Å²) in [4.78, 5) is 7.60. The lowest BCUT2D eigenvalue weighted by Gasteiger charge is -2.30. The highest BCUT2D eigenvalue weighted by Gasteiger charge is 2.28. The minimum absolute atomic E-state index is 0.142. The lowest BCUT2D eigenvalue weighted by atomic mass is 9.78. The van der Waals surface area contributed by atoms with Gasteiger partial charge in [0, 0.05) is 28.0 Å². The van der Waals surface area contributed by atoms with Crippen LogP contribution in [0.15, 0.2) is 28.0 Å². The van der Waals surface area contributed by atoms with Gasteiger partial charge in [-0.25, -0.2) is 4.98 Å². The number of phenols is 1. The molecule has 0 aliphatic carbocycles. The van der Waals surface area contributed by atoms with Crippen molar-refractivity contribution >= 4 is 11.3 Å². The summed E-state index contributed by atoms with van der Waals surface area (Å²) in [6.45, 7) is 20.1. The summed E-state index contributed by atoms with van der Waals surface area (Å²) in [5.74, 6) is 3.03. The molecule has 184 valence electrons. The second-order valence-corrected chi connectivity index (χ2v) is 12.9. The molecule has 3 aromatic rings. The molecular weight excluding hydrogens is 440 g/mol. The van der Waals surface area contributed by atoms with Crippen molar-refractivity contribution in [2.75, 3.05) is 13.1 Å². The minimum Gasteiger partial charge on any atom is -0.507 e. The Labute approximate surface area is 209 Å². The Morgan fingerprint density at radius 3 is 2.09 bits per heavy atom. The van der Waals surface area contributed by atoms with Crippen LogP contribution in [0.5, 0.6) is 5.75 Å². The first-order chi connectivity index (χ1) is 15.8. The zero-order valence-electron chi connectivity index (χ0n) is 22.1. The van der Waals surface area contributed by atoms with E-state index in [2.05, 4.69) is 76.9 Å². The molecule has 3 heterocycles. The van der Waals surface area contributed by atoms with Gasteiger partial charge in [0.2, 0.25) is 0 Å². The average molecular weight is 481 g/mol. The maximum absolute atomic E-state index is 11.1.